The van der Waals surface area contributed by atoms with E-state index in [0.717, 1.165) is 6.42 Å². The Hall–Kier alpha value is -2.22. The van der Waals surface area contributed by atoms with Crippen LogP contribution in [0.1, 0.15) is 18.9 Å². The Morgan fingerprint density at radius 3 is 2.89 bits per heavy atom. The maximum Gasteiger partial charge on any atom is 0.239 e. The molecular formula is C13H17N3O2. The first-order valence-electron chi connectivity index (χ1n) is 5.80. The molecule has 0 aliphatic heterocycles. The van der Waals surface area contributed by atoms with E-state index in [0.29, 0.717) is 23.5 Å². The number of nitrogens with one attached hydrogen (secondary N) is 2. The molecule has 0 heterocycles. The molecule has 0 bridgehead atoms. The molecule has 0 saturated heterocycles. The van der Waals surface area contributed by atoms with Crippen molar-refractivity contribution in [2.45, 2.75) is 13.3 Å². The summed E-state index contributed by atoms with van der Waals surface area (Å²) in [6, 6.07) is 7.13. The van der Waals surface area contributed by atoms with E-state index >= 15 is 0 Å². The molecule has 18 heavy (non-hydrogen) atoms. The summed E-state index contributed by atoms with van der Waals surface area (Å²) in [5.74, 6) is 0.550. The van der Waals surface area contributed by atoms with Crippen LogP contribution in [0.2, 0.25) is 0 Å². The standard InChI is InChI=1S/C13H17N3O2/c1-3-6-15-13(17)9-16-12-7-11(18-2)5-4-10(12)8-14/h4-5,7,16H,3,6,9H2,1-2H3,(H,15,17). The molecule has 5 nitrogen and oxygen atoms in total. The molecule has 1 rings (SSSR count). The first-order chi connectivity index (χ1) is 8.71. The van der Waals surface area contributed by atoms with E-state index in [-0.39, 0.29) is 12.5 Å². The SMILES string of the molecule is CCCNC(=O)CNc1cc(OC)ccc1C#N. The van der Waals surface area contributed by atoms with Gasteiger partial charge in [-0.3, -0.25) is 4.79 Å². The largest absolute Gasteiger partial charge is 0.497 e. The van der Waals surface area contributed by atoms with Crippen LogP contribution >= 0.6 is 0 Å². The molecule has 0 saturated carbocycles. The molecule has 0 spiro atoms. The second-order valence-corrected chi connectivity index (χ2v) is 3.73. The highest BCUT2D eigenvalue weighted by Crippen LogP contribution is 2.21. The maximum absolute atomic E-state index is 11.4. The van der Waals surface area contributed by atoms with Crippen molar-refractivity contribution in [3.05, 3.63) is 23.8 Å². The van der Waals surface area contributed by atoms with E-state index in [1.807, 2.05) is 6.92 Å². The lowest BCUT2D eigenvalue weighted by atomic mass is 10.2. The van der Waals surface area contributed by atoms with Gasteiger partial charge in [0.25, 0.3) is 0 Å². The van der Waals surface area contributed by atoms with Crippen LogP contribution in [0.15, 0.2) is 18.2 Å². The van der Waals surface area contributed by atoms with Crippen LogP contribution in [0.3, 0.4) is 0 Å². The van der Waals surface area contributed by atoms with Crippen LogP contribution in [0.4, 0.5) is 5.69 Å². The summed E-state index contributed by atoms with van der Waals surface area (Å²) in [4.78, 5) is 11.4. The zero-order valence-corrected chi connectivity index (χ0v) is 10.6. The zero-order valence-electron chi connectivity index (χ0n) is 10.6. The van der Waals surface area contributed by atoms with Crippen molar-refractivity contribution in [2.24, 2.45) is 0 Å². The number of carbonyl (C=O) groups is 1. The molecule has 1 amide bonds. The van der Waals surface area contributed by atoms with E-state index in [1.165, 1.54) is 0 Å². The van der Waals surface area contributed by atoms with Crippen LogP contribution < -0.4 is 15.4 Å². The lowest BCUT2D eigenvalue weighted by Gasteiger charge is -2.10. The first kappa shape index (κ1) is 13.8. The number of amides is 1. The number of nitriles is 1. The molecule has 0 unspecified atom stereocenters. The molecule has 0 radical (unpaired) electrons. The van der Waals surface area contributed by atoms with Crippen LogP contribution in [0.25, 0.3) is 0 Å². The van der Waals surface area contributed by atoms with Crippen molar-refractivity contribution < 1.29 is 9.53 Å². The van der Waals surface area contributed by atoms with Gasteiger partial charge in [-0.25, -0.2) is 0 Å². The molecule has 0 aliphatic rings. The predicted molar refractivity (Wildman–Crippen MR) is 69.5 cm³/mol. The monoisotopic (exact) mass is 247 g/mol. The normalized spacial score (nSPS) is 9.39. The minimum Gasteiger partial charge on any atom is -0.497 e. The summed E-state index contributed by atoms with van der Waals surface area (Å²) >= 11 is 0. The van der Waals surface area contributed by atoms with Crippen molar-refractivity contribution in [3.63, 3.8) is 0 Å². The highest BCUT2D eigenvalue weighted by atomic mass is 16.5. The summed E-state index contributed by atoms with van der Waals surface area (Å²) in [6.07, 6.45) is 0.897. The maximum atomic E-state index is 11.4. The van der Waals surface area contributed by atoms with Gasteiger partial charge in [-0.15, -0.1) is 0 Å². The smallest absolute Gasteiger partial charge is 0.239 e. The van der Waals surface area contributed by atoms with E-state index in [1.54, 1.807) is 25.3 Å². The van der Waals surface area contributed by atoms with Crippen molar-refractivity contribution in [1.82, 2.24) is 5.32 Å². The summed E-state index contributed by atoms with van der Waals surface area (Å²) in [6.45, 7) is 2.79. The average Bonchev–Trinajstić information content (AvgIpc) is 2.42. The van der Waals surface area contributed by atoms with E-state index in [2.05, 4.69) is 16.7 Å². The van der Waals surface area contributed by atoms with Crippen molar-refractivity contribution in [2.75, 3.05) is 25.5 Å². The third-order valence-corrected chi connectivity index (χ3v) is 2.36. The van der Waals surface area contributed by atoms with E-state index < -0.39 is 0 Å². The number of hydrogen-bond donors (Lipinski definition) is 2. The number of carbonyl (C=O) groups excluding carboxylic acids is 1. The number of ether oxygens (including phenoxy) is 1. The van der Waals surface area contributed by atoms with Crippen molar-refractivity contribution in [1.29, 1.82) is 5.26 Å². The molecular weight excluding hydrogens is 230 g/mol. The van der Waals surface area contributed by atoms with Crippen LogP contribution in [0, 0.1) is 11.3 Å². The van der Waals surface area contributed by atoms with Gasteiger partial charge in [-0.1, -0.05) is 6.92 Å². The van der Waals surface area contributed by atoms with Gasteiger partial charge in [0.15, 0.2) is 0 Å². The van der Waals surface area contributed by atoms with Crippen LogP contribution in [-0.2, 0) is 4.79 Å². The quantitative estimate of drug-likeness (QED) is 0.799. The van der Waals surface area contributed by atoms with Crippen LogP contribution in [0.5, 0.6) is 5.75 Å². The summed E-state index contributed by atoms with van der Waals surface area (Å²) in [5.41, 5.74) is 1.09. The number of methoxy groups -OCH3 is 1. The molecule has 0 aliphatic carbocycles. The Labute approximate surface area is 107 Å². The van der Waals surface area contributed by atoms with Gasteiger partial charge in [0.2, 0.25) is 5.91 Å². The Morgan fingerprint density at radius 2 is 2.28 bits per heavy atom. The second-order valence-electron chi connectivity index (χ2n) is 3.73. The van der Waals surface area contributed by atoms with Gasteiger partial charge >= 0.3 is 0 Å². The lowest BCUT2D eigenvalue weighted by molar-refractivity contribution is -0.119. The van der Waals surface area contributed by atoms with Gasteiger partial charge in [-0.2, -0.15) is 5.26 Å². The molecule has 96 valence electrons. The molecule has 0 fully saturated rings. The average molecular weight is 247 g/mol. The zero-order chi connectivity index (χ0) is 13.4. The Balaban J connectivity index is 2.65. The molecule has 0 atom stereocenters. The number of anilines is 1. The number of benzene rings is 1. The topological polar surface area (TPSA) is 74.2 Å². The molecule has 1 aromatic carbocycles. The second kappa shape index (κ2) is 7.17. The first-order valence-corrected chi connectivity index (χ1v) is 5.80. The van der Waals surface area contributed by atoms with Gasteiger partial charge in [0, 0.05) is 12.6 Å². The predicted octanol–water partition coefficient (Wildman–Crippen LogP) is 1.50. The fourth-order valence-electron chi connectivity index (χ4n) is 1.40. The van der Waals surface area contributed by atoms with Gasteiger partial charge in [0.05, 0.1) is 24.9 Å². The molecule has 5 heteroatoms. The van der Waals surface area contributed by atoms with Gasteiger partial charge < -0.3 is 15.4 Å². The number of hydrogen-bond acceptors (Lipinski definition) is 4. The van der Waals surface area contributed by atoms with E-state index in [9.17, 15) is 4.79 Å². The van der Waals surface area contributed by atoms with Crippen LogP contribution in [-0.4, -0.2) is 26.1 Å². The summed E-state index contributed by atoms with van der Waals surface area (Å²) < 4.78 is 5.08. The molecule has 2 N–H and O–H groups in total. The van der Waals surface area contributed by atoms with E-state index in [4.69, 9.17) is 10.00 Å². The summed E-state index contributed by atoms with van der Waals surface area (Å²) in [7, 11) is 1.55. The van der Waals surface area contributed by atoms with Gasteiger partial charge in [0.1, 0.15) is 11.8 Å². The minimum absolute atomic E-state index is 0.0939. The fraction of sp³-hybridized carbons (Fsp3) is 0.385. The highest BCUT2D eigenvalue weighted by Gasteiger charge is 2.06. The third-order valence-electron chi connectivity index (χ3n) is 2.36. The third kappa shape index (κ3) is 3.98. The Kier molecular flexibility index (Phi) is 5.52. The fourth-order valence-corrected chi connectivity index (χ4v) is 1.40. The highest BCUT2D eigenvalue weighted by molar-refractivity contribution is 5.81. The minimum atomic E-state index is -0.0939. The number of rotatable bonds is 6. The molecule has 0 aromatic heterocycles. The molecule has 1 aromatic rings. The lowest BCUT2D eigenvalue weighted by Crippen LogP contribution is -2.30. The Bertz CT molecular complexity index is 452. The van der Waals surface area contributed by atoms with Crippen molar-refractivity contribution in [3.8, 4) is 11.8 Å². The van der Waals surface area contributed by atoms with Crippen molar-refractivity contribution >= 4 is 11.6 Å². The summed E-state index contributed by atoms with van der Waals surface area (Å²) in [5, 5.41) is 14.6. The Morgan fingerprint density at radius 1 is 1.50 bits per heavy atom. The van der Waals surface area contributed by atoms with Gasteiger partial charge in [-0.05, 0) is 18.6 Å². The number of nitrogens with zero attached hydrogens (tertiary/aromatic N) is 1.